The minimum Gasteiger partial charge on any atom is -0.480 e. The van der Waals surface area contributed by atoms with Gasteiger partial charge >= 0.3 is 12.0 Å². The van der Waals surface area contributed by atoms with Crippen molar-refractivity contribution in [3.05, 3.63) is 34.9 Å². The van der Waals surface area contributed by atoms with Crippen LogP contribution in [-0.2, 0) is 16.1 Å². The van der Waals surface area contributed by atoms with Crippen LogP contribution >= 0.6 is 11.6 Å². The van der Waals surface area contributed by atoms with Gasteiger partial charge in [-0.1, -0.05) is 23.7 Å². The van der Waals surface area contributed by atoms with Gasteiger partial charge in [-0.25, -0.2) is 9.59 Å². The second-order valence-corrected chi connectivity index (χ2v) is 5.01. The molecule has 1 unspecified atom stereocenters. The molecule has 1 fully saturated rings. The molecule has 112 valence electrons. The molecule has 1 aromatic rings. The molecule has 1 aliphatic rings. The number of nitrogens with zero attached hydrogens (tertiary/aromatic N) is 1. The van der Waals surface area contributed by atoms with Crippen LogP contribution in [0.4, 0.5) is 4.79 Å². The molecular weight excluding hydrogens is 298 g/mol. The van der Waals surface area contributed by atoms with Gasteiger partial charge in [0.2, 0.25) is 5.91 Å². The highest BCUT2D eigenvalue weighted by atomic mass is 35.5. The fraction of sp³-hybridized carbons (Fsp3) is 0.308. The average molecular weight is 312 g/mol. The number of piperazine rings is 1. The first-order valence-electron chi connectivity index (χ1n) is 6.26. The molecule has 0 saturated carbocycles. The van der Waals surface area contributed by atoms with E-state index < -0.39 is 18.0 Å². The van der Waals surface area contributed by atoms with Crippen LogP contribution in [0.25, 0.3) is 0 Å². The summed E-state index contributed by atoms with van der Waals surface area (Å²) in [7, 11) is 0. The molecule has 7 nitrogen and oxygen atoms in total. The van der Waals surface area contributed by atoms with Gasteiger partial charge in [-0.05, 0) is 17.7 Å². The Morgan fingerprint density at radius 2 is 2.05 bits per heavy atom. The number of hydrogen-bond acceptors (Lipinski definition) is 3. The molecule has 1 atom stereocenters. The SMILES string of the molecule is O=C1CN(C(=O)NCc2ccc(Cl)cc2)C(C(=O)O)CN1. The van der Waals surface area contributed by atoms with Gasteiger partial charge in [0.25, 0.3) is 0 Å². The van der Waals surface area contributed by atoms with Crippen LogP contribution in [0.15, 0.2) is 24.3 Å². The topological polar surface area (TPSA) is 98.7 Å². The molecule has 0 radical (unpaired) electrons. The molecule has 1 aliphatic heterocycles. The first kappa shape index (κ1) is 15.1. The highest BCUT2D eigenvalue weighted by Crippen LogP contribution is 2.10. The molecule has 3 amide bonds. The van der Waals surface area contributed by atoms with Gasteiger partial charge in [-0.2, -0.15) is 0 Å². The van der Waals surface area contributed by atoms with Crippen LogP contribution in [-0.4, -0.2) is 47.0 Å². The number of aliphatic carboxylic acids is 1. The summed E-state index contributed by atoms with van der Waals surface area (Å²) >= 11 is 5.76. The van der Waals surface area contributed by atoms with Crippen LogP contribution in [0.2, 0.25) is 5.02 Å². The van der Waals surface area contributed by atoms with Crippen molar-refractivity contribution in [2.45, 2.75) is 12.6 Å². The maximum atomic E-state index is 12.0. The lowest BCUT2D eigenvalue weighted by atomic mass is 10.2. The molecule has 1 aromatic carbocycles. The fourth-order valence-corrected chi connectivity index (χ4v) is 2.08. The Morgan fingerprint density at radius 3 is 2.67 bits per heavy atom. The molecule has 1 saturated heterocycles. The van der Waals surface area contributed by atoms with Gasteiger partial charge < -0.3 is 15.7 Å². The highest BCUT2D eigenvalue weighted by Gasteiger charge is 2.35. The van der Waals surface area contributed by atoms with Crippen molar-refractivity contribution in [2.24, 2.45) is 0 Å². The van der Waals surface area contributed by atoms with Gasteiger partial charge in [0.15, 0.2) is 0 Å². The van der Waals surface area contributed by atoms with E-state index in [0.717, 1.165) is 10.5 Å². The minimum atomic E-state index is -1.16. The molecule has 0 aliphatic carbocycles. The number of nitrogens with one attached hydrogen (secondary N) is 2. The third-order valence-corrected chi connectivity index (χ3v) is 3.34. The van der Waals surface area contributed by atoms with Crippen LogP contribution in [0, 0.1) is 0 Å². The first-order valence-corrected chi connectivity index (χ1v) is 6.63. The molecular formula is C13H14ClN3O4. The largest absolute Gasteiger partial charge is 0.480 e. The van der Waals surface area contributed by atoms with Crippen LogP contribution < -0.4 is 10.6 Å². The van der Waals surface area contributed by atoms with Gasteiger partial charge in [-0.15, -0.1) is 0 Å². The Balaban J connectivity index is 1.98. The van der Waals surface area contributed by atoms with E-state index >= 15 is 0 Å². The monoisotopic (exact) mass is 311 g/mol. The van der Waals surface area contributed by atoms with Crippen molar-refractivity contribution >= 4 is 29.5 Å². The predicted molar refractivity (Wildman–Crippen MR) is 74.8 cm³/mol. The summed E-state index contributed by atoms with van der Waals surface area (Å²) in [6, 6.07) is 5.23. The minimum absolute atomic E-state index is 0.0947. The lowest BCUT2D eigenvalue weighted by molar-refractivity contribution is -0.144. The van der Waals surface area contributed by atoms with E-state index in [-0.39, 0.29) is 25.5 Å². The van der Waals surface area contributed by atoms with Crippen LogP contribution in [0.3, 0.4) is 0 Å². The van der Waals surface area contributed by atoms with Crippen molar-refractivity contribution in [3.8, 4) is 0 Å². The van der Waals surface area contributed by atoms with E-state index in [1.54, 1.807) is 24.3 Å². The van der Waals surface area contributed by atoms with Crippen molar-refractivity contribution in [1.82, 2.24) is 15.5 Å². The quantitative estimate of drug-likeness (QED) is 0.754. The number of carbonyl (C=O) groups excluding carboxylic acids is 2. The molecule has 3 N–H and O–H groups in total. The zero-order chi connectivity index (χ0) is 15.4. The van der Waals surface area contributed by atoms with Crippen molar-refractivity contribution in [3.63, 3.8) is 0 Å². The van der Waals surface area contributed by atoms with E-state index in [9.17, 15) is 14.4 Å². The zero-order valence-corrected chi connectivity index (χ0v) is 11.8. The Labute approximate surface area is 125 Å². The summed E-state index contributed by atoms with van der Waals surface area (Å²) in [5, 5.41) is 14.7. The second kappa shape index (κ2) is 6.45. The maximum absolute atomic E-state index is 12.0. The molecule has 8 heteroatoms. The number of urea groups is 1. The van der Waals surface area contributed by atoms with Crippen molar-refractivity contribution in [1.29, 1.82) is 0 Å². The van der Waals surface area contributed by atoms with E-state index in [1.165, 1.54) is 0 Å². The van der Waals surface area contributed by atoms with Crippen LogP contribution in [0.1, 0.15) is 5.56 Å². The number of carboxylic acids is 1. The number of carbonyl (C=O) groups is 3. The maximum Gasteiger partial charge on any atom is 0.328 e. The van der Waals surface area contributed by atoms with Crippen LogP contribution in [0.5, 0.6) is 0 Å². The third-order valence-electron chi connectivity index (χ3n) is 3.09. The number of carboxylic acid groups (broad SMARTS) is 1. The predicted octanol–water partition coefficient (Wildman–Crippen LogP) is 0.435. The fourth-order valence-electron chi connectivity index (χ4n) is 1.96. The lowest BCUT2D eigenvalue weighted by Crippen LogP contribution is -2.61. The van der Waals surface area contributed by atoms with E-state index in [2.05, 4.69) is 10.6 Å². The van der Waals surface area contributed by atoms with Gasteiger partial charge in [-0.3, -0.25) is 9.69 Å². The summed E-state index contributed by atoms with van der Waals surface area (Å²) in [6.07, 6.45) is 0. The molecule has 21 heavy (non-hydrogen) atoms. The van der Waals surface area contributed by atoms with Gasteiger partial charge in [0, 0.05) is 18.1 Å². The Bertz CT molecular complexity index is 561. The third kappa shape index (κ3) is 3.85. The molecule has 0 bridgehead atoms. The summed E-state index contributed by atoms with van der Waals surface area (Å²) in [6.45, 7) is -0.146. The van der Waals surface area contributed by atoms with Gasteiger partial charge in [0.05, 0.1) is 0 Å². The van der Waals surface area contributed by atoms with E-state index in [4.69, 9.17) is 16.7 Å². The van der Waals surface area contributed by atoms with E-state index in [1.807, 2.05) is 0 Å². The summed E-state index contributed by atoms with van der Waals surface area (Å²) in [5.41, 5.74) is 0.820. The van der Waals surface area contributed by atoms with Crippen molar-refractivity contribution < 1.29 is 19.5 Å². The van der Waals surface area contributed by atoms with Crippen molar-refractivity contribution in [2.75, 3.05) is 13.1 Å². The highest BCUT2D eigenvalue weighted by molar-refractivity contribution is 6.30. The number of rotatable bonds is 3. The molecule has 0 aromatic heterocycles. The lowest BCUT2D eigenvalue weighted by Gasteiger charge is -2.32. The molecule has 2 rings (SSSR count). The Kier molecular flexibility index (Phi) is 4.64. The van der Waals surface area contributed by atoms with E-state index in [0.29, 0.717) is 5.02 Å². The normalized spacial score (nSPS) is 18.0. The number of halogens is 1. The average Bonchev–Trinajstić information content (AvgIpc) is 2.46. The molecule has 0 spiro atoms. The molecule has 1 heterocycles. The zero-order valence-electron chi connectivity index (χ0n) is 11.0. The summed E-state index contributed by atoms with van der Waals surface area (Å²) < 4.78 is 0. The number of amides is 3. The Morgan fingerprint density at radius 1 is 1.38 bits per heavy atom. The standard InChI is InChI=1S/C13H14ClN3O4/c14-9-3-1-8(2-4-9)5-16-13(21)17-7-11(18)15-6-10(17)12(19)20/h1-4,10H,5-7H2,(H,15,18)(H,16,21)(H,19,20). The second-order valence-electron chi connectivity index (χ2n) is 4.57. The first-order chi connectivity index (χ1) is 9.97. The van der Waals surface area contributed by atoms with Gasteiger partial charge in [0.1, 0.15) is 12.6 Å². The number of benzene rings is 1. The smallest absolute Gasteiger partial charge is 0.328 e. The summed E-state index contributed by atoms with van der Waals surface area (Å²) in [5.74, 6) is -1.54. The number of hydrogen-bond donors (Lipinski definition) is 3. The Hall–Kier alpha value is -2.28. The summed E-state index contributed by atoms with van der Waals surface area (Å²) in [4.78, 5) is 35.5.